The van der Waals surface area contributed by atoms with Gasteiger partial charge in [-0.3, -0.25) is 9.69 Å². The first-order valence-electron chi connectivity index (χ1n) is 11.3. The van der Waals surface area contributed by atoms with Crippen LogP contribution in [0.25, 0.3) is 5.69 Å². The Bertz CT molecular complexity index is 1020. The van der Waals surface area contributed by atoms with E-state index in [9.17, 15) is 10.1 Å². The molecular weight excluding hydrogens is 422 g/mol. The summed E-state index contributed by atoms with van der Waals surface area (Å²) in [6.45, 7) is 7.46. The molecule has 3 fully saturated rings. The van der Waals surface area contributed by atoms with Crippen molar-refractivity contribution in [2.24, 2.45) is 0 Å². The lowest BCUT2D eigenvalue weighted by Gasteiger charge is -2.38. The van der Waals surface area contributed by atoms with Crippen molar-refractivity contribution < 1.29 is 4.79 Å². The lowest BCUT2D eigenvalue weighted by molar-refractivity contribution is -0.131. The number of hydrogen-bond acceptors (Lipinski definition) is 7. The van der Waals surface area contributed by atoms with Crippen molar-refractivity contribution in [3.8, 4) is 11.8 Å². The van der Waals surface area contributed by atoms with Crippen molar-refractivity contribution in [2.45, 2.75) is 25.4 Å². The average molecular weight is 452 g/mol. The number of nitrogens with zero attached hydrogens (tertiary/aromatic N) is 6. The summed E-state index contributed by atoms with van der Waals surface area (Å²) in [6.07, 6.45) is 0.895. The number of amides is 1. The zero-order chi connectivity index (χ0) is 22.1. The zero-order valence-corrected chi connectivity index (χ0v) is 19.2. The molecule has 1 amide bonds. The zero-order valence-electron chi connectivity index (χ0n) is 18.4. The highest BCUT2D eigenvalue weighted by Gasteiger charge is 2.37. The first-order chi connectivity index (χ1) is 15.6. The van der Waals surface area contributed by atoms with Crippen LogP contribution >= 0.6 is 11.8 Å². The van der Waals surface area contributed by atoms with E-state index in [4.69, 9.17) is 0 Å². The number of benzene rings is 1. The van der Waals surface area contributed by atoms with Gasteiger partial charge in [-0.15, -0.1) is 11.8 Å². The highest BCUT2D eigenvalue weighted by Crippen LogP contribution is 2.26. The van der Waals surface area contributed by atoms with Gasteiger partial charge in [0.05, 0.1) is 28.9 Å². The minimum atomic E-state index is -0.0386. The first kappa shape index (κ1) is 21.3. The Hall–Kier alpha value is -2.54. The number of carbonyl (C=O) groups is 1. The van der Waals surface area contributed by atoms with Gasteiger partial charge in [0.25, 0.3) is 0 Å². The van der Waals surface area contributed by atoms with Crippen molar-refractivity contribution >= 4 is 23.5 Å². The smallest absolute Gasteiger partial charge is 0.240 e. The third-order valence-corrected chi connectivity index (χ3v) is 7.66. The second-order valence-corrected chi connectivity index (χ2v) is 9.77. The minimum absolute atomic E-state index is 0.0386. The quantitative estimate of drug-likeness (QED) is 0.753. The maximum atomic E-state index is 12.7. The first-order valence-corrected chi connectivity index (χ1v) is 12.4. The summed E-state index contributed by atoms with van der Waals surface area (Å²) in [5.74, 6) is 3.20. The molecule has 8 nitrogen and oxygen atoms in total. The van der Waals surface area contributed by atoms with E-state index >= 15 is 0 Å². The van der Waals surface area contributed by atoms with E-state index in [1.807, 2.05) is 52.5 Å². The molecule has 2 atom stereocenters. The molecule has 1 aromatic carbocycles. The molecule has 1 aromatic heterocycles. The van der Waals surface area contributed by atoms with E-state index < -0.39 is 0 Å². The van der Waals surface area contributed by atoms with Crippen LogP contribution in [-0.4, -0.2) is 88.5 Å². The van der Waals surface area contributed by atoms with E-state index in [0.29, 0.717) is 11.6 Å². The molecule has 3 aliphatic heterocycles. The lowest BCUT2D eigenvalue weighted by Crippen LogP contribution is -2.51. The summed E-state index contributed by atoms with van der Waals surface area (Å²) in [7, 11) is 0. The van der Waals surface area contributed by atoms with Gasteiger partial charge in [-0.2, -0.15) is 10.4 Å². The van der Waals surface area contributed by atoms with Crippen LogP contribution in [-0.2, 0) is 4.79 Å². The number of anilines is 1. The Morgan fingerprint density at radius 2 is 2.03 bits per heavy atom. The van der Waals surface area contributed by atoms with E-state index in [0.717, 1.165) is 74.5 Å². The van der Waals surface area contributed by atoms with Gasteiger partial charge < -0.3 is 15.1 Å². The van der Waals surface area contributed by atoms with E-state index in [-0.39, 0.29) is 11.9 Å². The molecular formula is C23H29N7OS. The highest BCUT2D eigenvalue weighted by molar-refractivity contribution is 7.99. The van der Waals surface area contributed by atoms with Crippen LogP contribution in [0.3, 0.4) is 0 Å². The van der Waals surface area contributed by atoms with Crippen LogP contribution in [0.5, 0.6) is 0 Å². The van der Waals surface area contributed by atoms with E-state index in [1.165, 1.54) is 0 Å². The Morgan fingerprint density at radius 3 is 2.78 bits per heavy atom. The summed E-state index contributed by atoms with van der Waals surface area (Å²) in [5.41, 5.74) is 2.39. The van der Waals surface area contributed by atoms with E-state index in [2.05, 4.69) is 32.4 Å². The van der Waals surface area contributed by atoms with Crippen LogP contribution in [0.15, 0.2) is 30.3 Å². The highest BCUT2D eigenvalue weighted by atomic mass is 32.2. The van der Waals surface area contributed by atoms with Gasteiger partial charge in [-0.05, 0) is 25.5 Å². The molecule has 1 N–H and O–H groups in total. The molecule has 3 saturated heterocycles. The summed E-state index contributed by atoms with van der Waals surface area (Å²) >= 11 is 1.84. The third-order valence-electron chi connectivity index (χ3n) is 6.69. The second-order valence-electron chi connectivity index (χ2n) is 8.70. The predicted octanol–water partition coefficient (Wildman–Crippen LogP) is 1.44. The van der Waals surface area contributed by atoms with Gasteiger partial charge in [0.1, 0.15) is 11.9 Å². The Kier molecular flexibility index (Phi) is 6.09. The molecule has 9 heteroatoms. The molecule has 168 valence electrons. The molecule has 32 heavy (non-hydrogen) atoms. The number of aromatic nitrogens is 2. The number of nitrogens with one attached hydrogen (secondary N) is 1. The van der Waals surface area contributed by atoms with Crippen LogP contribution in [0.4, 0.5) is 5.82 Å². The number of carbonyl (C=O) groups excluding carboxylic acids is 1. The normalized spacial score (nSPS) is 24.1. The fourth-order valence-electron chi connectivity index (χ4n) is 4.95. The fourth-order valence-corrected chi connectivity index (χ4v) is 5.90. The van der Waals surface area contributed by atoms with Crippen molar-refractivity contribution in [3.05, 3.63) is 41.6 Å². The van der Waals surface area contributed by atoms with Crippen LogP contribution in [0.1, 0.15) is 17.7 Å². The summed E-state index contributed by atoms with van der Waals surface area (Å²) in [5, 5.41) is 17.7. The topological polar surface area (TPSA) is 80.4 Å². The Morgan fingerprint density at radius 1 is 1.22 bits per heavy atom. The summed E-state index contributed by atoms with van der Waals surface area (Å²) in [6, 6.07) is 12.4. The van der Waals surface area contributed by atoms with Crippen LogP contribution in [0, 0.1) is 18.3 Å². The molecule has 0 spiro atoms. The number of nitriles is 1. The summed E-state index contributed by atoms with van der Waals surface area (Å²) < 4.78 is 1.91. The molecule has 5 rings (SSSR count). The molecule has 0 bridgehead atoms. The van der Waals surface area contributed by atoms with Gasteiger partial charge in [0.2, 0.25) is 5.91 Å². The standard InChI is InChI=1S/C23H29N7OS/c1-17-12-22(30(26-17)21-5-3-2-4-18(21)14-24)28-8-6-27(7-9-28)19-13-20(25-15-19)23(31)29-10-11-32-16-29/h2-5,12,19-20,25H,6-11,13,15-16H2,1H3/t19-,20-/m0/s1. The number of piperazine rings is 1. The monoisotopic (exact) mass is 451 g/mol. The Balaban J connectivity index is 1.23. The van der Waals surface area contributed by atoms with Gasteiger partial charge in [-0.25, -0.2) is 4.68 Å². The molecule has 0 unspecified atom stereocenters. The van der Waals surface area contributed by atoms with Gasteiger partial charge in [-0.1, -0.05) is 12.1 Å². The average Bonchev–Trinajstić information content (AvgIpc) is 3.59. The second kappa shape index (κ2) is 9.14. The predicted molar refractivity (Wildman–Crippen MR) is 126 cm³/mol. The molecule has 3 aliphatic rings. The van der Waals surface area contributed by atoms with Crippen molar-refractivity contribution in [1.82, 2.24) is 24.9 Å². The van der Waals surface area contributed by atoms with Crippen LogP contribution < -0.4 is 10.2 Å². The van der Waals surface area contributed by atoms with Crippen molar-refractivity contribution in [3.63, 3.8) is 0 Å². The molecule has 2 aromatic rings. The SMILES string of the molecule is Cc1cc(N2CCN([C@@H]3CN[C@H](C(=O)N4CCSC4)C3)CC2)n(-c2ccccc2C#N)n1. The molecule has 0 aliphatic carbocycles. The van der Waals surface area contributed by atoms with Gasteiger partial charge in [0, 0.05) is 57.1 Å². The van der Waals surface area contributed by atoms with Gasteiger partial charge in [0.15, 0.2) is 0 Å². The number of rotatable bonds is 4. The lowest BCUT2D eigenvalue weighted by atomic mass is 10.1. The number of hydrogen-bond donors (Lipinski definition) is 1. The molecule has 4 heterocycles. The maximum Gasteiger partial charge on any atom is 0.240 e. The Labute approximate surface area is 193 Å². The number of para-hydroxylation sites is 1. The third kappa shape index (κ3) is 4.10. The van der Waals surface area contributed by atoms with Gasteiger partial charge >= 0.3 is 0 Å². The largest absolute Gasteiger partial charge is 0.354 e. The number of aryl methyl sites for hydroxylation is 1. The molecule has 0 radical (unpaired) electrons. The van der Waals surface area contributed by atoms with E-state index in [1.54, 1.807) is 0 Å². The van der Waals surface area contributed by atoms with Crippen molar-refractivity contribution in [1.29, 1.82) is 5.26 Å². The molecule has 0 saturated carbocycles. The fraction of sp³-hybridized carbons (Fsp3) is 0.522. The summed E-state index contributed by atoms with van der Waals surface area (Å²) in [4.78, 5) is 19.6. The minimum Gasteiger partial charge on any atom is -0.354 e. The van der Waals surface area contributed by atoms with Crippen molar-refractivity contribution in [2.75, 3.05) is 55.8 Å². The number of thioether (sulfide) groups is 1. The van der Waals surface area contributed by atoms with Crippen LogP contribution in [0.2, 0.25) is 0 Å². The maximum absolute atomic E-state index is 12.7.